The molecule has 0 radical (unpaired) electrons. The maximum Gasteiger partial charge on any atom is 0.169 e. The van der Waals surface area contributed by atoms with Crippen LogP contribution in [0.5, 0.6) is 0 Å². The van der Waals surface area contributed by atoms with Crippen LogP contribution >= 0.6 is 15.9 Å². The van der Waals surface area contributed by atoms with Gasteiger partial charge in [-0.25, -0.2) is 0 Å². The van der Waals surface area contributed by atoms with Crippen LogP contribution in [-0.4, -0.2) is 5.78 Å². The van der Waals surface area contributed by atoms with Gasteiger partial charge in [0.15, 0.2) is 5.78 Å². The number of carbonyl (C=O) groups is 1. The average Bonchev–Trinajstić information content (AvgIpc) is 2.53. The van der Waals surface area contributed by atoms with Crippen LogP contribution in [0, 0.1) is 5.41 Å². The average molecular weight is 267 g/mol. The summed E-state index contributed by atoms with van der Waals surface area (Å²) >= 11 is 3.42. The molecular weight excluding hydrogens is 252 g/mol. The molecule has 2 rings (SSSR count). The van der Waals surface area contributed by atoms with Gasteiger partial charge in [0.25, 0.3) is 0 Å². The summed E-state index contributed by atoms with van der Waals surface area (Å²) in [6.07, 6.45) is 2.80. The van der Waals surface area contributed by atoms with Crippen molar-refractivity contribution >= 4 is 21.7 Å². The van der Waals surface area contributed by atoms with Crippen molar-refractivity contribution in [3.8, 4) is 0 Å². The Morgan fingerprint density at radius 3 is 2.60 bits per heavy atom. The van der Waals surface area contributed by atoms with Crippen LogP contribution in [0.25, 0.3) is 0 Å². The number of rotatable bonds is 2. The third-order valence-corrected chi connectivity index (χ3v) is 4.17. The Hall–Kier alpha value is -0.630. The standard InChI is InChI=1S/C13H15BrO/c1-3-13(4-2)8-9-5-6-10(14)7-11(9)12(13)15/h5-7H,3-4,8H2,1-2H3. The van der Waals surface area contributed by atoms with E-state index in [2.05, 4.69) is 35.8 Å². The van der Waals surface area contributed by atoms with Gasteiger partial charge in [0.2, 0.25) is 0 Å². The van der Waals surface area contributed by atoms with Gasteiger partial charge in [-0.15, -0.1) is 0 Å². The normalized spacial score (nSPS) is 17.9. The predicted octanol–water partition coefficient (Wildman–Crippen LogP) is 3.99. The van der Waals surface area contributed by atoms with E-state index in [9.17, 15) is 4.79 Å². The quantitative estimate of drug-likeness (QED) is 0.791. The molecule has 0 heterocycles. The van der Waals surface area contributed by atoms with Crippen LogP contribution in [0.2, 0.25) is 0 Å². The summed E-state index contributed by atoms with van der Waals surface area (Å²) in [6, 6.07) is 6.06. The number of fused-ring (bicyclic) bond motifs is 1. The number of halogens is 1. The van der Waals surface area contributed by atoms with Crippen molar-refractivity contribution in [1.29, 1.82) is 0 Å². The molecule has 2 heteroatoms. The molecule has 0 aromatic heterocycles. The Bertz CT molecular complexity index is 405. The second-order valence-electron chi connectivity index (χ2n) is 4.29. The van der Waals surface area contributed by atoms with Crippen LogP contribution < -0.4 is 0 Å². The van der Waals surface area contributed by atoms with E-state index < -0.39 is 0 Å². The Balaban J connectivity index is 2.49. The van der Waals surface area contributed by atoms with Gasteiger partial charge in [-0.1, -0.05) is 35.8 Å². The van der Waals surface area contributed by atoms with Crippen LogP contribution in [-0.2, 0) is 6.42 Å². The molecule has 15 heavy (non-hydrogen) atoms. The predicted molar refractivity (Wildman–Crippen MR) is 65.2 cm³/mol. The highest BCUT2D eigenvalue weighted by atomic mass is 79.9. The molecule has 1 aliphatic carbocycles. The zero-order chi connectivity index (χ0) is 11.1. The number of hydrogen-bond acceptors (Lipinski definition) is 1. The minimum absolute atomic E-state index is 0.122. The molecule has 0 fully saturated rings. The molecule has 80 valence electrons. The summed E-state index contributed by atoms with van der Waals surface area (Å²) < 4.78 is 0.998. The molecule has 0 spiro atoms. The lowest BCUT2D eigenvalue weighted by molar-refractivity contribution is 0.0805. The van der Waals surface area contributed by atoms with Crippen LogP contribution in [0.15, 0.2) is 22.7 Å². The Morgan fingerprint density at radius 1 is 1.33 bits per heavy atom. The molecule has 0 amide bonds. The van der Waals surface area contributed by atoms with Crippen molar-refractivity contribution in [1.82, 2.24) is 0 Å². The third-order valence-electron chi connectivity index (χ3n) is 3.68. The molecule has 0 bridgehead atoms. The minimum Gasteiger partial charge on any atom is -0.294 e. The fourth-order valence-corrected chi connectivity index (χ4v) is 2.83. The largest absolute Gasteiger partial charge is 0.294 e. The highest BCUT2D eigenvalue weighted by Crippen LogP contribution is 2.42. The van der Waals surface area contributed by atoms with Crippen molar-refractivity contribution < 1.29 is 4.79 Å². The van der Waals surface area contributed by atoms with Crippen molar-refractivity contribution in [2.24, 2.45) is 5.41 Å². The van der Waals surface area contributed by atoms with E-state index in [0.29, 0.717) is 5.78 Å². The number of hydrogen-bond donors (Lipinski definition) is 0. The third kappa shape index (κ3) is 1.55. The van der Waals surface area contributed by atoms with Crippen molar-refractivity contribution in [3.05, 3.63) is 33.8 Å². The first kappa shape index (κ1) is 10.9. The molecule has 0 N–H and O–H groups in total. The lowest BCUT2D eigenvalue weighted by atomic mass is 9.79. The molecule has 0 saturated heterocycles. The van der Waals surface area contributed by atoms with E-state index >= 15 is 0 Å². The highest BCUT2D eigenvalue weighted by molar-refractivity contribution is 9.10. The summed E-state index contributed by atoms with van der Waals surface area (Å²) in [4.78, 5) is 12.3. The first-order chi connectivity index (χ1) is 7.13. The van der Waals surface area contributed by atoms with Crippen molar-refractivity contribution in [2.75, 3.05) is 0 Å². The molecular formula is C13H15BrO. The minimum atomic E-state index is -0.122. The smallest absolute Gasteiger partial charge is 0.169 e. The van der Waals surface area contributed by atoms with E-state index in [1.807, 2.05) is 12.1 Å². The van der Waals surface area contributed by atoms with Gasteiger partial charge in [0.05, 0.1) is 0 Å². The van der Waals surface area contributed by atoms with Gasteiger partial charge < -0.3 is 0 Å². The number of carbonyl (C=O) groups excluding carboxylic acids is 1. The SMILES string of the molecule is CCC1(CC)Cc2ccc(Br)cc2C1=O. The highest BCUT2D eigenvalue weighted by Gasteiger charge is 2.42. The lowest BCUT2D eigenvalue weighted by Crippen LogP contribution is -2.26. The van der Waals surface area contributed by atoms with Gasteiger partial charge in [-0.3, -0.25) is 4.79 Å². The second kappa shape index (κ2) is 3.75. The lowest BCUT2D eigenvalue weighted by Gasteiger charge is -2.23. The maximum atomic E-state index is 12.3. The first-order valence-electron chi connectivity index (χ1n) is 5.46. The van der Waals surface area contributed by atoms with E-state index in [-0.39, 0.29) is 5.41 Å². The Morgan fingerprint density at radius 2 is 2.00 bits per heavy atom. The van der Waals surface area contributed by atoms with Gasteiger partial charge in [-0.05, 0) is 37.0 Å². The van der Waals surface area contributed by atoms with Crippen LogP contribution in [0.4, 0.5) is 0 Å². The van der Waals surface area contributed by atoms with Crippen LogP contribution in [0.3, 0.4) is 0 Å². The number of benzene rings is 1. The van der Waals surface area contributed by atoms with Gasteiger partial charge in [0.1, 0.15) is 0 Å². The second-order valence-corrected chi connectivity index (χ2v) is 5.21. The summed E-state index contributed by atoms with van der Waals surface area (Å²) in [6.45, 7) is 4.23. The van der Waals surface area contributed by atoms with Crippen molar-refractivity contribution in [2.45, 2.75) is 33.1 Å². The number of Topliss-reactive ketones (excluding diaryl/α,β-unsaturated/α-hetero) is 1. The van der Waals surface area contributed by atoms with E-state index in [0.717, 1.165) is 29.3 Å². The maximum absolute atomic E-state index is 12.3. The van der Waals surface area contributed by atoms with Gasteiger partial charge in [-0.2, -0.15) is 0 Å². The summed E-state index contributed by atoms with van der Waals surface area (Å²) in [5.74, 6) is 0.337. The summed E-state index contributed by atoms with van der Waals surface area (Å²) in [7, 11) is 0. The molecule has 1 aromatic rings. The monoisotopic (exact) mass is 266 g/mol. The molecule has 1 aromatic carbocycles. The van der Waals surface area contributed by atoms with E-state index in [1.165, 1.54) is 5.56 Å². The van der Waals surface area contributed by atoms with E-state index in [4.69, 9.17) is 0 Å². The molecule has 0 saturated carbocycles. The summed E-state index contributed by atoms with van der Waals surface area (Å²) in [5, 5.41) is 0. The molecule has 0 unspecified atom stereocenters. The van der Waals surface area contributed by atoms with Gasteiger partial charge >= 0.3 is 0 Å². The topological polar surface area (TPSA) is 17.1 Å². The first-order valence-corrected chi connectivity index (χ1v) is 6.25. The fraction of sp³-hybridized carbons (Fsp3) is 0.462. The zero-order valence-electron chi connectivity index (χ0n) is 9.14. The number of ketones is 1. The summed E-state index contributed by atoms with van der Waals surface area (Å²) in [5.41, 5.74) is 2.02. The molecule has 0 aliphatic heterocycles. The molecule has 0 atom stereocenters. The van der Waals surface area contributed by atoms with Gasteiger partial charge in [0, 0.05) is 15.5 Å². The molecule has 1 nitrogen and oxygen atoms in total. The zero-order valence-corrected chi connectivity index (χ0v) is 10.7. The van der Waals surface area contributed by atoms with E-state index in [1.54, 1.807) is 0 Å². The Labute approximate surface area is 99.0 Å². The van der Waals surface area contributed by atoms with Crippen molar-refractivity contribution in [3.63, 3.8) is 0 Å². The fourth-order valence-electron chi connectivity index (χ4n) is 2.47. The molecule has 1 aliphatic rings. The van der Waals surface area contributed by atoms with Crippen LogP contribution in [0.1, 0.15) is 42.6 Å². The Kier molecular flexibility index (Phi) is 2.72.